The first-order valence-corrected chi connectivity index (χ1v) is 7.05. The molecule has 0 saturated carbocycles. The van der Waals surface area contributed by atoms with Crippen LogP contribution in [0.15, 0.2) is 22.8 Å². The molecule has 1 aliphatic heterocycles. The van der Waals surface area contributed by atoms with Gasteiger partial charge in [-0.15, -0.1) is 0 Å². The zero-order valence-electron chi connectivity index (χ0n) is 10.3. The van der Waals surface area contributed by atoms with E-state index in [2.05, 4.69) is 31.4 Å². The van der Waals surface area contributed by atoms with E-state index in [4.69, 9.17) is 4.74 Å². The van der Waals surface area contributed by atoms with E-state index < -0.39 is 0 Å². The number of H-pyrrole nitrogens is 1. The number of halogens is 1. The van der Waals surface area contributed by atoms with Gasteiger partial charge in [-0.1, -0.05) is 0 Å². The topological polar surface area (TPSA) is 67.0 Å². The molecule has 100 valence electrons. The summed E-state index contributed by atoms with van der Waals surface area (Å²) in [5.74, 6) is 0.118. The number of benzene rings is 1. The van der Waals surface area contributed by atoms with Crippen molar-refractivity contribution >= 4 is 38.4 Å². The molecule has 0 atom stereocenters. The van der Waals surface area contributed by atoms with Gasteiger partial charge in [0.1, 0.15) is 4.60 Å². The Labute approximate surface area is 118 Å². The lowest BCUT2D eigenvalue weighted by Crippen LogP contribution is -2.28. The van der Waals surface area contributed by atoms with Crippen molar-refractivity contribution in [1.29, 1.82) is 0 Å². The quantitative estimate of drug-likeness (QED) is 0.892. The molecule has 2 heterocycles. The molecule has 1 aromatic carbocycles. The maximum atomic E-state index is 12.1. The minimum atomic E-state index is 0.0513. The molecule has 0 aliphatic carbocycles. The Morgan fingerprint density at radius 1 is 1.42 bits per heavy atom. The summed E-state index contributed by atoms with van der Waals surface area (Å²) in [6, 6.07) is 5.69. The highest BCUT2D eigenvalue weighted by Crippen LogP contribution is 2.24. The van der Waals surface area contributed by atoms with Gasteiger partial charge in [0.15, 0.2) is 0 Å². The fraction of sp³-hybridized carbons (Fsp3) is 0.385. The standard InChI is InChI=1S/C13H14BrN3O2/c14-12-10-2-1-9(7-11(10)16-17-12)15-13(18)8-3-5-19-6-4-8/h1-2,7-8H,3-6H2,(H,15,18)(H,16,17). The second-order valence-electron chi connectivity index (χ2n) is 4.65. The van der Waals surface area contributed by atoms with Crippen LogP contribution >= 0.6 is 15.9 Å². The van der Waals surface area contributed by atoms with E-state index in [9.17, 15) is 4.79 Å². The summed E-state index contributed by atoms with van der Waals surface area (Å²) in [7, 11) is 0. The van der Waals surface area contributed by atoms with E-state index in [1.807, 2.05) is 18.2 Å². The number of carbonyl (C=O) groups excluding carboxylic acids is 1. The van der Waals surface area contributed by atoms with Gasteiger partial charge in [-0.3, -0.25) is 9.89 Å². The Bertz CT molecular complexity index is 605. The monoisotopic (exact) mass is 323 g/mol. The number of aromatic nitrogens is 2. The number of fused-ring (bicyclic) bond motifs is 1. The molecule has 3 rings (SSSR count). The number of hydrogen-bond donors (Lipinski definition) is 2. The first kappa shape index (κ1) is 12.6. The van der Waals surface area contributed by atoms with Crippen molar-refractivity contribution in [1.82, 2.24) is 10.2 Å². The fourth-order valence-electron chi connectivity index (χ4n) is 2.26. The van der Waals surface area contributed by atoms with Gasteiger partial charge in [-0.2, -0.15) is 5.10 Å². The molecule has 5 nitrogen and oxygen atoms in total. The second kappa shape index (κ2) is 5.30. The van der Waals surface area contributed by atoms with Crippen LogP contribution in [0.2, 0.25) is 0 Å². The predicted octanol–water partition coefficient (Wildman–Crippen LogP) is 2.69. The Morgan fingerprint density at radius 2 is 2.21 bits per heavy atom. The van der Waals surface area contributed by atoms with E-state index >= 15 is 0 Å². The highest BCUT2D eigenvalue weighted by molar-refractivity contribution is 9.10. The van der Waals surface area contributed by atoms with Crippen molar-refractivity contribution in [2.75, 3.05) is 18.5 Å². The van der Waals surface area contributed by atoms with Crippen LogP contribution in [-0.4, -0.2) is 29.3 Å². The van der Waals surface area contributed by atoms with Crippen LogP contribution in [0.25, 0.3) is 10.9 Å². The zero-order valence-corrected chi connectivity index (χ0v) is 11.9. The smallest absolute Gasteiger partial charge is 0.227 e. The lowest BCUT2D eigenvalue weighted by Gasteiger charge is -2.21. The molecule has 1 aromatic heterocycles. The van der Waals surface area contributed by atoms with E-state index in [0.29, 0.717) is 13.2 Å². The summed E-state index contributed by atoms with van der Waals surface area (Å²) < 4.78 is 6.11. The van der Waals surface area contributed by atoms with Crippen LogP contribution in [0.4, 0.5) is 5.69 Å². The third-order valence-electron chi connectivity index (χ3n) is 3.37. The van der Waals surface area contributed by atoms with Crippen LogP contribution in [0.3, 0.4) is 0 Å². The van der Waals surface area contributed by atoms with Crippen LogP contribution in [-0.2, 0) is 9.53 Å². The number of ether oxygens (including phenoxy) is 1. The molecular formula is C13H14BrN3O2. The SMILES string of the molecule is O=C(Nc1ccc2c(Br)[nH]nc2c1)C1CCOCC1. The first-order valence-electron chi connectivity index (χ1n) is 6.26. The van der Waals surface area contributed by atoms with Gasteiger partial charge >= 0.3 is 0 Å². The summed E-state index contributed by atoms with van der Waals surface area (Å²) in [6.45, 7) is 1.34. The minimum absolute atomic E-state index is 0.0513. The Kier molecular flexibility index (Phi) is 3.52. The number of nitrogens with one attached hydrogen (secondary N) is 2. The summed E-state index contributed by atoms with van der Waals surface area (Å²) in [5.41, 5.74) is 1.61. The highest BCUT2D eigenvalue weighted by atomic mass is 79.9. The molecule has 19 heavy (non-hydrogen) atoms. The lowest BCUT2D eigenvalue weighted by atomic mass is 9.99. The van der Waals surface area contributed by atoms with E-state index in [0.717, 1.165) is 34.0 Å². The van der Waals surface area contributed by atoms with Crippen molar-refractivity contribution in [3.63, 3.8) is 0 Å². The summed E-state index contributed by atoms with van der Waals surface area (Å²) in [5, 5.41) is 11.0. The first-order chi connectivity index (χ1) is 9.24. The van der Waals surface area contributed by atoms with Crippen LogP contribution in [0.5, 0.6) is 0 Å². The van der Waals surface area contributed by atoms with Gasteiger partial charge in [0, 0.05) is 30.2 Å². The molecule has 2 aromatic rings. The molecule has 1 amide bonds. The number of amides is 1. The molecule has 0 spiro atoms. The third-order valence-corrected chi connectivity index (χ3v) is 3.97. The van der Waals surface area contributed by atoms with Crippen LogP contribution < -0.4 is 5.32 Å². The molecule has 0 radical (unpaired) electrons. The molecule has 1 aliphatic rings. The molecule has 1 fully saturated rings. The number of rotatable bonds is 2. The molecular weight excluding hydrogens is 310 g/mol. The van der Waals surface area contributed by atoms with E-state index in [1.165, 1.54) is 0 Å². The van der Waals surface area contributed by atoms with Crippen molar-refractivity contribution in [2.24, 2.45) is 5.92 Å². The van der Waals surface area contributed by atoms with Crippen molar-refractivity contribution < 1.29 is 9.53 Å². The largest absolute Gasteiger partial charge is 0.381 e. The maximum Gasteiger partial charge on any atom is 0.227 e. The fourth-order valence-corrected chi connectivity index (χ4v) is 2.69. The zero-order chi connectivity index (χ0) is 13.2. The van der Waals surface area contributed by atoms with E-state index in [-0.39, 0.29) is 11.8 Å². The second-order valence-corrected chi connectivity index (χ2v) is 5.44. The normalized spacial score (nSPS) is 16.7. The Hall–Kier alpha value is -1.40. The van der Waals surface area contributed by atoms with Crippen molar-refractivity contribution in [2.45, 2.75) is 12.8 Å². The van der Waals surface area contributed by atoms with Gasteiger partial charge in [-0.25, -0.2) is 0 Å². The molecule has 0 unspecified atom stereocenters. The minimum Gasteiger partial charge on any atom is -0.381 e. The Morgan fingerprint density at radius 3 is 3.00 bits per heavy atom. The molecule has 1 saturated heterocycles. The predicted molar refractivity (Wildman–Crippen MR) is 76.0 cm³/mol. The number of anilines is 1. The average molecular weight is 324 g/mol. The Balaban J connectivity index is 1.75. The summed E-state index contributed by atoms with van der Waals surface area (Å²) in [4.78, 5) is 12.1. The van der Waals surface area contributed by atoms with Crippen LogP contribution in [0, 0.1) is 5.92 Å². The average Bonchev–Trinajstić information content (AvgIpc) is 2.81. The number of nitrogens with zero attached hydrogens (tertiary/aromatic N) is 1. The van der Waals surface area contributed by atoms with Gasteiger partial charge in [0.05, 0.1) is 5.52 Å². The highest BCUT2D eigenvalue weighted by Gasteiger charge is 2.21. The van der Waals surface area contributed by atoms with Crippen molar-refractivity contribution in [3.05, 3.63) is 22.8 Å². The van der Waals surface area contributed by atoms with Gasteiger partial charge in [-0.05, 0) is 47.0 Å². The van der Waals surface area contributed by atoms with Crippen molar-refractivity contribution in [3.8, 4) is 0 Å². The van der Waals surface area contributed by atoms with E-state index in [1.54, 1.807) is 0 Å². The lowest BCUT2D eigenvalue weighted by molar-refractivity contribution is -0.122. The van der Waals surface area contributed by atoms with Gasteiger partial charge < -0.3 is 10.1 Å². The third kappa shape index (κ3) is 2.64. The molecule has 6 heteroatoms. The summed E-state index contributed by atoms with van der Waals surface area (Å²) in [6.07, 6.45) is 1.59. The van der Waals surface area contributed by atoms with Gasteiger partial charge in [0.25, 0.3) is 0 Å². The maximum absolute atomic E-state index is 12.1. The number of carbonyl (C=O) groups is 1. The molecule has 0 bridgehead atoms. The number of aromatic amines is 1. The summed E-state index contributed by atoms with van der Waals surface area (Å²) >= 11 is 3.39. The van der Waals surface area contributed by atoms with Gasteiger partial charge in [0.2, 0.25) is 5.91 Å². The van der Waals surface area contributed by atoms with Crippen LogP contribution in [0.1, 0.15) is 12.8 Å². The number of hydrogen-bond acceptors (Lipinski definition) is 3. The molecule has 2 N–H and O–H groups in total.